The average molecular weight is 587 g/mol. The third kappa shape index (κ3) is 8.18. The molecule has 0 saturated carbocycles. The lowest BCUT2D eigenvalue weighted by Gasteiger charge is -2.44. The summed E-state index contributed by atoms with van der Waals surface area (Å²) in [5.74, 6) is -1.71. The molecule has 0 radical (unpaired) electrons. The third-order valence-electron chi connectivity index (χ3n) is 7.24. The van der Waals surface area contributed by atoms with Gasteiger partial charge >= 0.3 is 18.1 Å². The van der Waals surface area contributed by atoms with E-state index in [1.807, 2.05) is 60.7 Å². The number of pyridine rings is 1. The number of hydrogen-bond donors (Lipinski definition) is 2. The maximum Gasteiger partial charge on any atom is 0.412 e. The first-order chi connectivity index (χ1) is 20.9. The fraction of sp³-hybridized carbons (Fsp3) is 0.364. The molecule has 226 valence electrons. The number of β-lactam (4-membered cyclic amide) rings is 1. The Morgan fingerprint density at radius 1 is 0.907 bits per heavy atom. The first-order valence-corrected chi connectivity index (χ1v) is 14.7. The van der Waals surface area contributed by atoms with E-state index in [4.69, 9.17) is 9.47 Å². The highest BCUT2D eigenvalue weighted by molar-refractivity contribution is 6.08. The summed E-state index contributed by atoms with van der Waals surface area (Å²) < 4.78 is 10.5. The van der Waals surface area contributed by atoms with E-state index in [1.165, 1.54) is 6.20 Å². The molecule has 0 bridgehead atoms. The van der Waals surface area contributed by atoms with Gasteiger partial charge in [-0.3, -0.25) is 10.1 Å². The highest BCUT2D eigenvalue weighted by Crippen LogP contribution is 2.33. The van der Waals surface area contributed by atoms with Crippen LogP contribution in [0, 0.1) is 5.92 Å². The number of carbonyl (C=O) groups excluding carboxylic acids is 4. The summed E-state index contributed by atoms with van der Waals surface area (Å²) >= 11 is 0. The molecule has 2 N–H and O–H groups in total. The standard InChI is InChI=1S/C33H38N4O6/c1-3-5-6-13-20-43-33(41)35-27-22-23(18-19-34-27)21-26-29(31(39)42-4-2)37(30(26)38)32(40)36-28(24-14-9-7-10-15-24)25-16-11-8-12-17-25/h7-12,14-19,22,26,28-29H,3-6,13,20-21H2,1-2H3,(H,36,40)(H,34,35,41)/t26-,29+/m1/s1. The van der Waals surface area contributed by atoms with Crippen molar-refractivity contribution in [1.82, 2.24) is 15.2 Å². The summed E-state index contributed by atoms with van der Waals surface area (Å²) in [5, 5.41) is 5.54. The van der Waals surface area contributed by atoms with Gasteiger partial charge in [-0.05, 0) is 48.6 Å². The maximum absolute atomic E-state index is 13.5. The zero-order valence-corrected chi connectivity index (χ0v) is 24.5. The minimum absolute atomic E-state index is 0.103. The van der Waals surface area contributed by atoms with Gasteiger partial charge in [0.1, 0.15) is 5.82 Å². The van der Waals surface area contributed by atoms with Crippen LogP contribution in [0.4, 0.5) is 15.4 Å². The molecule has 3 aromatic rings. The van der Waals surface area contributed by atoms with Crippen molar-refractivity contribution < 1.29 is 28.7 Å². The lowest BCUT2D eigenvalue weighted by molar-refractivity contribution is -0.169. The van der Waals surface area contributed by atoms with E-state index in [9.17, 15) is 19.2 Å². The molecule has 0 unspecified atom stereocenters. The topological polar surface area (TPSA) is 127 Å². The summed E-state index contributed by atoms with van der Waals surface area (Å²) in [6, 6.07) is 19.8. The van der Waals surface area contributed by atoms with Crippen molar-refractivity contribution in [3.05, 3.63) is 95.7 Å². The van der Waals surface area contributed by atoms with Crippen molar-refractivity contribution in [2.24, 2.45) is 5.92 Å². The molecule has 2 heterocycles. The number of anilines is 1. The van der Waals surface area contributed by atoms with Crippen LogP contribution >= 0.6 is 0 Å². The van der Waals surface area contributed by atoms with Crippen LogP contribution in [0.25, 0.3) is 0 Å². The molecule has 10 nitrogen and oxygen atoms in total. The molecule has 1 aliphatic heterocycles. The highest BCUT2D eigenvalue weighted by Gasteiger charge is 2.55. The monoisotopic (exact) mass is 586 g/mol. The fourth-order valence-corrected chi connectivity index (χ4v) is 5.07. The maximum atomic E-state index is 13.5. The second kappa shape index (κ2) is 15.5. The molecular weight excluding hydrogens is 548 g/mol. The minimum Gasteiger partial charge on any atom is -0.464 e. The molecular formula is C33H38N4O6. The summed E-state index contributed by atoms with van der Waals surface area (Å²) in [5.41, 5.74) is 2.32. The van der Waals surface area contributed by atoms with E-state index in [2.05, 4.69) is 22.5 Å². The van der Waals surface area contributed by atoms with Gasteiger partial charge in [-0.2, -0.15) is 0 Å². The number of nitrogens with zero attached hydrogens (tertiary/aromatic N) is 2. The van der Waals surface area contributed by atoms with E-state index in [0.29, 0.717) is 12.2 Å². The second-order valence-corrected chi connectivity index (χ2v) is 10.3. The van der Waals surface area contributed by atoms with E-state index in [1.54, 1.807) is 19.1 Å². The molecule has 1 fully saturated rings. The van der Waals surface area contributed by atoms with Crippen LogP contribution in [0.3, 0.4) is 0 Å². The van der Waals surface area contributed by atoms with Gasteiger partial charge in [-0.15, -0.1) is 0 Å². The number of ether oxygens (including phenoxy) is 2. The molecule has 0 aliphatic carbocycles. The summed E-state index contributed by atoms with van der Waals surface area (Å²) in [7, 11) is 0. The van der Waals surface area contributed by atoms with Gasteiger partial charge < -0.3 is 14.8 Å². The Kier molecular flexibility index (Phi) is 11.2. The van der Waals surface area contributed by atoms with Gasteiger partial charge in [0, 0.05) is 6.20 Å². The number of nitrogens with one attached hydrogen (secondary N) is 2. The smallest absolute Gasteiger partial charge is 0.412 e. The Morgan fingerprint density at radius 2 is 1.58 bits per heavy atom. The van der Waals surface area contributed by atoms with Gasteiger partial charge in [-0.25, -0.2) is 24.3 Å². The average Bonchev–Trinajstić information content (AvgIpc) is 3.02. The number of aromatic nitrogens is 1. The van der Waals surface area contributed by atoms with Crippen molar-refractivity contribution in [2.45, 2.75) is 58.0 Å². The predicted molar refractivity (Wildman–Crippen MR) is 161 cm³/mol. The number of amides is 4. The molecule has 4 amide bonds. The Morgan fingerprint density at radius 3 is 2.21 bits per heavy atom. The first-order valence-electron chi connectivity index (χ1n) is 14.7. The van der Waals surface area contributed by atoms with Crippen LogP contribution in [-0.4, -0.2) is 53.1 Å². The molecule has 1 aromatic heterocycles. The summed E-state index contributed by atoms with van der Waals surface area (Å²) in [6.45, 7) is 4.20. The van der Waals surface area contributed by atoms with Crippen LogP contribution in [-0.2, 0) is 25.5 Å². The molecule has 2 aromatic carbocycles. The van der Waals surface area contributed by atoms with Crippen molar-refractivity contribution >= 4 is 29.8 Å². The zero-order chi connectivity index (χ0) is 30.6. The van der Waals surface area contributed by atoms with Crippen LogP contribution in [0.1, 0.15) is 62.3 Å². The number of esters is 1. The number of imide groups is 1. The van der Waals surface area contributed by atoms with Crippen molar-refractivity contribution in [1.29, 1.82) is 0 Å². The van der Waals surface area contributed by atoms with Gasteiger partial charge in [-0.1, -0.05) is 86.8 Å². The molecule has 0 spiro atoms. The first kappa shape index (κ1) is 31.2. The quantitative estimate of drug-likeness (QED) is 0.151. The second-order valence-electron chi connectivity index (χ2n) is 10.3. The molecule has 1 saturated heterocycles. The van der Waals surface area contributed by atoms with Gasteiger partial charge in [0.05, 0.1) is 25.2 Å². The van der Waals surface area contributed by atoms with Crippen molar-refractivity contribution in [3.63, 3.8) is 0 Å². The zero-order valence-electron chi connectivity index (χ0n) is 24.5. The highest BCUT2D eigenvalue weighted by atomic mass is 16.5. The Bertz CT molecular complexity index is 1340. The predicted octanol–water partition coefficient (Wildman–Crippen LogP) is 5.64. The lowest BCUT2D eigenvalue weighted by atomic mass is 9.82. The molecule has 2 atom stereocenters. The third-order valence-corrected chi connectivity index (χ3v) is 7.24. The Labute approximate surface area is 251 Å². The fourth-order valence-electron chi connectivity index (χ4n) is 5.07. The van der Waals surface area contributed by atoms with Crippen LogP contribution in [0.2, 0.25) is 0 Å². The molecule has 4 rings (SSSR count). The van der Waals surface area contributed by atoms with E-state index >= 15 is 0 Å². The van der Waals surface area contributed by atoms with Gasteiger partial charge in [0.2, 0.25) is 5.91 Å². The normalized spacial score (nSPS) is 15.9. The number of rotatable bonds is 13. The Balaban J connectivity index is 1.45. The van der Waals surface area contributed by atoms with Crippen molar-refractivity contribution in [3.8, 4) is 0 Å². The largest absolute Gasteiger partial charge is 0.464 e. The molecule has 1 aliphatic rings. The van der Waals surface area contributed by atoms with Crippen molar-refractivity contribution in [2.75, 3.05) is 18.5 Å². The number of unbranched alkanes of at least 4 members (excludes halogenated alkanes) is 3. The number of likely N-dealkylation sites (tertiary alicyclic amines) is 1. The van der Waals surface area contributed by atoms with Gasteiger partial charge in [0.25, 0.3) is 0 Å². The molecule has 43 heavy (non-hydrogen) atoms. The minimum atomic E-state index is -1.10. The number of hydrogen-bond acceptors (Lipinski definition) is 7. The van der Waals surface area contributed by atoms with E-state index < -0.39 is 42.0 Å². The summed E-state index contributed by atoms with van der Waals surface area (Å²) in [6.07, 6.45) is 4.99. The lowest BCUT2D eigenvalue weighted by Crippen LogP contribution is -2.69. The van der Waals surface area contributed by atoms with Crippen LogP contribution < -0.4 is 10.6 Å². The van der Waals surface area contributed by atoms with E-state index in [-0.39, 0.29) is 18.8 Å². The summed E-state index contributed by atoms with van der Waals surface area (Å²) in [4.78, 5) is 57.2. The number of urea groups is 1. The van der Waals surface area contributed by atoms with Gasteiger partial charge in [0.15, 0.2) is 6.04 Å². The SMILES string of the molecule is CCCCCCOC(=O)Nc1cc(C[C@H]2C(=O)N(C(=O)NC(c3ccccc3)c3ccccc3)[C@@H]2C(=O)OCC)ccn1. The van der Waals surface area contributed by atoms with E-state index in [0.717, 1.165) is 41.7 Å². The van der Waals surface area contributed by atoms with Crippen LogP contribution in [0.5, 0.6) is 0 Å². The van der Waals surface area contributed by atoms with Crippen LogP contribution in [0.15, 0.2) is 79.0 Å². The number of carbonyl (C=O) groups is 4. The Hall–Kier alpha value is -4.73. The molecule has 10 heteroatoms. The number of benzene rings is 2.